The average molecular weight is 367 g/mol. The van der Waals surface area contributed by atoms with Crippen molar-refractivity contribution in [1.29, 1.82) is 0 Å². The summed E-state index contributed by atoms with van der Waals surface area (Å²) in [5.74, 6) is 0.633. The van der Waals surface area contributed by atoms with Gasteiger partial charge in [0, 0.05) is 19.8 Å². The Kier molecular flexibility index (Phi) is 4.63. The molecule has 2 aromatic heterocycles. The molecule has 0 spiro atoms. The summed E-state index contributed by atoms with van der Waals surface area (Å²) in [5.41, 5.74) is 0.471. The van der Waals surface area contributed by atoms with E-state index in [1.807, 2.05) is 23.0 Å². The lowest BCUT2D eigenvalue weighted by Crippen LogP contribution is -2.32. The van der Waals surface area contributed by atoms with Crippen molar-refractivity contribution in [3.63, 3.8) is 0 Å². The van der Waals surface area contributed by atoms with Crippen molar-refractivity contribution in [1.82, 2.24) is 20.0 Å². The fraction of sp³-hybridized carbons (Fsp3) is 0.467. The van der Waals surface area contributed by atoms with Gasteiger partial charge in [-0.2, -0.15) is 5.10 Å². The Bertz CT molecular complexity index is 646. The highest BCUT2D eigenvalue weighted by atomic mass is 79.9. The molecule has 7 heteroatoms. The van der Waals surface area contributed by atoms with Gasteiger partial charge >= 0.3 is 0 Å². The summed E-state index contributed by atoms with van der Waals surface area (Å²) in [6.45, 7) is 2.39. The molecule has 0 saturated carbocycles. The van der Waals surface area contributed by atoms with Gasteiger partial charge in [-0.05, 0) is 53.5 Å². The fourth-order valence-electron chi connectivity index (χ4n) is 2.65. The molecule has 3 rings (SSSR count). The van der Waals surface area contributed by atoms with Crippen LogP contribution >= 0.6 is 15.9 Å². The Morgan fingerprint density at radius 1 is 1.55 bits per heavy atom. The second kappa shape index (κ2) is 6.66. The molecule has 0 aliphatic carbocycles. The van der Waals surface area contributed by atoms with Crippen molar-refractivity contribution in [2.24, 2.45) is 0 Å². The van der Waals surface area contributed by atoms with Gasteiger partial charge in [-0.25, -0.2) is 0 Å². The zero-order chi connectivity index (χ0) is 15.5. The molecule has 1 aliphatic heterocycles. The van der Waals surface area contributed by atoms with Gasteiger partial charge in [0.2, 0.25) is 0 Å². The van der Waals surface area contributed by atoms with Gasteiger partial charge in [0.25, 0.3) is 5.91 Å². The molecule has 0 aromatic carbocycles. The number of aromatic nitrogens is 2. The highest BCUT2D eigenvalue weighted by molar-refractivity contribution is 9.10. The number of carbonyl (C=O) groups is 1. The second-order valence-corrected chi connectivity index (χ2v) is 6.33. The van der Waals surface area contributed by atoms with E-state index in [4.69, 9.17) is 4.42 Å². The number of halogens is 1. The summed E-state index contributed by atoms with van der Waals surface area (Å²) >= 11 is 3.26. The Morgan fingerprint density at radius 2 is 2.41 bits per heavy atom. The van der Waals surface area contributed by atoms with E-state index in [-0.39, 0.29) is 5.91 Å². The molecule has 1 atom stereocenters. The van der Waals surface area contributed by atoms with E-state index in [9.17, 15) is 4.79 Å². The smallest absolute Gasteiger partial charge is 0.274 e. The molecule has 1 unspecified atom stereocenters. The molecular weight excluding hydrogens is 348 g/mol. The lowest BCUT2D eigenvalue weighted by atomic mass is 10.1. The highest BCUT2D eigenvalue weighted by Gasteiger charge is 2.20. The van der Waals surface area contributed by atoms with E-state index in [2.05, 4.69) is 26.3 Å². The number of piperidine rings is 1. The molecule has 0 bridgehead atoms. The summed E-state index contributed by atoms with van der Waals surface area (Å²) in [6.07, 6.45) is 4.13. The molecule has 3 heterocycles. The SMILES string of the molecule is CN(Cc1ccc(Br)o1)C(=O)c1ccn(C2CCCNC2)n1. The summed E-state index contributed by atoms with van der Waals surface area (Å²) in [4.78, 5) is 14.0. The first-order valence-electron chi connectivity index (χ1n) is 7.39. The molecular formula is C15H19BrN4O2. The fourth-order valence-corrected chi connectivity index (χ4v) is 2.99. The van der Waals surface area contributed by atoms with Gasteiger partial charge in [-0.1, -0.05) is 0 Å². The Morgan fingerprint density at radius 3 is 3.09 bits per heavy atom. The van der Waals surface area contributed by atoms with E-state index in [1.54, 1.807) is 18.0 Å². The first-order valence-corrected chi connectivity index (χ1v) is 8.18. The van der Waals surface area contributed by atoms with Crippen LogP contribution in [0.25, 0.3) is 0 Å². The van der Waals surface area contributed by atoms with Gasteiger partial charge in [-0.15, -0.1) is 0 Å². The van der Waals surface area contributed by atoms with Crippen molar-refractivity contribution >= 4 is 21.8 Å². The van der Waals surface area contributed by atoms with Crippen LogP contribution in [-0.2, 0) is 6.54 Å². The predicted octanol–water partition coefficient (Wildman–Crippen LogP) is 2.44. The lowest BCUT2D eigenvalue weighted by molar-refractivity contribution is 0.0767. The minimum Gasteiger partial charge on any atom is -0.452 e. The van der Waals surface area contributed by atoms with Crippen LogP contribution in [0.2, 0.25) is 0 Å². The van der Waals surface area contributed by atoms with Crippen LogP contribution in [0.4, 0.5) is 0 Å². The third kappa shape index (κ3) is 3.41. The van der Waals surface area contributed by atoms with Gasteiger partial charge in [0.15, 0.2) is 4.67 Å². The number of amides is 1. The first-order chi connectivity index (χ1) is 10.6. The molecule has 2 aromatic rings. The largest absolute Gasteiger partial charge is 0.452 e. The van der Waals surface area contributed by atoms with Crippen molar-refractivity contribution in [3.05, 3.63) is 40.5 Å². The molecule has 1 N–H and O–H groups in total. The minimum absolute atomic E-state index is 0.102. The number of nitrogens with one attached hydrogen (secondary N) is 1. The van der Waals surface area contributed by atoms with E-state index < -0.39 is 0 Å². The Labute approximate surface area is 137 Å². The van der Waals surface area contributed by atoms with E-state index in [0.29, 0.717) is 23.0 Å². The Hall–Kier alpha value is -1.60. The standard InChI is InChI=1S/C15H19BrN4O2/c1-19(10-12-4-5-14(16)22-12)15(21)13-6-8-20(18-13)11-3-2-7-17-9-11/h4-6,8,11,17H,2-3,7,9-10H2,1H3. The van der Waals surface area contributed by atoms with Crippen molar-refractivity contribution < 1.29 is 9.21 Å². The normalized spacial score (nSPS) is 18.4. The maximum Gasteiger partial charge on any atom is 0.274 e. The Balaban J connectivity index is 1.65. The van der Waals surface area contributed by atoms with Gasteiger partial charge in [-0.3, -0.25) is 9.48 Å². The van der Waals surface area contributed by atoms with Gasteiger partial charge < -0.3 is 14.6 Å². The molecule has 1 fully saturated rings. The van der Waals surface area contributed by atoms with Crippen LogP contribution < -0.4 is 5.32 Å². The number of carbonyl (C=O) groups excluding carboxylic acids is 1. The number of hydrogen-bond donors (Lipinski definition) is 1. The topological polar surface area (TPSA) is 63.3 Å². The van der Waals surface area contributed by atoms with Crippen molar-refractivity contribution in [2.45, 2.75) is 25.4 Å². The molecule has 118 valence electrons. The molecule has 1 saturated heterocycles. The van der Waals surface area contributed by atoms with Crippen LogP contribution in [0.5, 0.6) is 0 Å². The third-order valence-corrected chi connectivity index (χ3v) is 4.27. The number of hydrogen-bond acceptors (Lipinski definition) is 4. The van der Waals surface area contributed by atoms with Gasteiger partial charge in [0.05, 0.1) is 12.6 Å². The molecule has 1 amide bonds. The van der Waals surface area contributed by atoms with Crippen LogP contribution in [0.3, 0.4) is 0 Å². The molecule has 0 radical (unpaired) electrons. The van der Waals surface area contributed by atoms with Crippen LogP contribution in [0.1, 0.15) is 35.1 Å². The van der Waals surface area contributed by atoms with E-state index >= 15 is 0 Å². The summed E-state index contributed by atoms with van der Waals surface area (Å²) in [7, 11) is 1.75. The average Bonchev–Trinajstić information content (AvgIpc) is 3.17. The van der Waals surface area contributed by atoms with Gasteiger partial charge in [0.1, 0.15) is 11.5 Å². The number of nitrogens with zero attached hydrogens (tertiary/aromatic N) is 3. The summed E-state index contributed by atoms with van der Waals surface area (Å²) in [5, 5.41) is 7.80. The third-order valence-electron chi connectivity index (χ3n) is 3.84. The zero-order valence-electron chi connectivity index (χ0n) is 12.5. The highest BCUT2D eigenvalue weighted by Crippen LogP contribution is 2.18. The van der Waals surface area contributed by atoms with Crippen LogP contribution in [0, 0.1) is 0 Å². The molecule has 22 heavy (non-hydrogen) atoms. The lowest BCUT2D eigenvalue weighted by Gasteiger charge is -2.23. The number of furan rings is 1. The first kappa shape index (κ1) is 15.3. The van der Waals surface area contributed by atoms with Crippen molar-refractivity contribution in [2.75, 3.05) is 20.1 Å². The maximum absolute atomic E-state index is 12.4. The predicted molar refractivity (Wildman–Crippen MR) is 85.6 cm³/mol. The van der Waals surface area contributed by atoms with Crippen LogP contribution in [-0.4, -0.2) is 40.7 Å². The minimum atomic E-state index is -0.102. The molecule has 1 aliphatic rings. The van der Waals surface area contributed by atoms with Crippen LogP contribution in [0.15, 0.2) is 33.5 Å². The second-order valence-electron chi connectivity index (χ2n) is 5.55. The molecule has 6 nitrogen and oxygen atoms in total. The summed E-state index contributed by atoms with van der Waals surface area (Å²) in [6, 6.07) is 5.78. The quantitative estimate of drug-likeness (QED) is 0.902. The van der Waals surface area contributed by atoms with E-state index in [1.165, 1.54) is 0 Å². The summed E-state index contributed by atoms with van der Waals surface area (Å²) < 4.78 is 7.99. The zero-order valence-corrected chi connectivity index (χ0v) is 14.0. The van der Waals surface area contributed by atoms with Crippen molar-refractivity contribution in [3.8, 4) is 0 Å². The maximum atomic E-state index is 12.4. The van der Waals surface area contributed by atoms with E-state index in [0.717, 1.165) is 31.7 Å². The number of rotatable bonds is 4. The monoisotopic (exact) mass is 366 g/mol.